The number of amides is 4. The molecule has 1 atom stereocenters. The Kier molecular flexibility index (Phi) is 11.4. The van der Waals surface area contributed by atoms with Crippen LogP contribution in [0.3, 0.4) is 0 Å². The second kappa shape index (κ2) is 16.6. The third kappa shape index (κ3) is 8.26. The number of aromatic nitrogens is 3. The minimum Gasteiger partial charge on any atom is -0.382 e. The number of halogens is 3. The van der Waals surface area contributed by atoms with Gasteiger partial charge in [0.1, 0.15) is 6.04 Å². The fraction of sp³-hybridized carbons (Fsp3) is 0.325. The number of aryl methyl sites for hydroxylation is 1. The van der Waals surface area contributed by atoms with Crippen molar-refractivity contribution in [2.45, 2.75) is 25.1 Å². The van der Waals surface area contributed by atoms with E-state index in [9.17, 15) is 32.3 Å². The minimum absolute atomic E-state index is 0.152. The molecule has 298 valence electrons. The molecule has 1 saturated heterocycles. The average Bonchev–Trinajstić information content (AvgIpc) is 3.79. The number of ether oxygens (including phenoxy) is 3. The largest absolute Gasteiger partial charge is 0.416 e. The van der Waals surface area contributed by atoms with Crippen molar-refractivity contribution in [1.29, 1.82) is 0 Å². The van der Waals surface area contributed by atoms with Gasteiger partial charge in [-0.1, -0.05) is 12.6 Å². The van der Waals surface area contributed by atoms with E-state index in [1.54, 1.807) is 52.8 Å². The van der Waals surface area contributed by atoms with Crippen molar-refractivity contribution in [3.8, 4) is 5.69 Å². The first-order chi connectivity index (χ1) is 27.4. The highest BCUT2D eigenvalue weighted by atomic mass is 19.4. The van der Waals surface area contributed by atoms with Crippen LogP contribution in [0.2, 0.25) is 0 Å². The van der Waals surface area contributed by atoms with Crippen LogP contribution in [0, 0.1) is 0 Å². The molecule has 14 nitrogen and oxygen atoms in total. The lowest BCUT2D eigenvalue weighted by atomic mass is 10.0. The summed E-state index contributed by atoms with van der Waals surface area (Å²) in [6.07, 6.45) is -2.25. The third-order valence-corrected chi connectivity index (χ3v) is 9.72. The summed E-state index contributed by atoms with van der Waals surface area (Å²) in [4.78, 5) is 51.5. The zero-order valence-electron chi connectivity index (χ0n) is 31.0. The molecule has 1 unspecified atom stereocenters. The highest BCUT2D eigenvalue weighted by Crippen LogP contribution is 2.39. The molecule has 3 aromatic carbocycles. The predicted molar refractivity (Wildman–Crippen MR) is 204 cm³/mol. The molecular weight excluding hydrogens is 747 g/mol. The Balaban J connectivity index is 0.792. The van der Waals surface area contributed by atoms with Gasteiger partial charge in [-0.25, -0.2) is 0 Å². The molecule has 1 fully saturated rings. The van der Waals surface area contributed by atoms with Crippen LogP contribution >= 0.6 is 0 Å². The molecule has 0 radical (unpaired) electrons. The highest BCUT2D eigenvalue weighted by Gasteiger charge is 2.42. The van der Waals surface area contributed by atoms with Gasteiger partial charge in [0.25, 0.3) is 11.8 Å². The van der Waals surface area contributed by atoms with Gasteiger partial charge in [0.15, 0.2) is 5.65 Å². The number of alkyl halides is 3. The zero-order chi connectivity index (χ0) is 40.3. The Labute approximate surface area is 324 Å². The molecule has 4 heterocycles. The minimum atomic E-state index is -4.45. The number of imide groups is 1. The molecule has 57 heavy (non-hydrogen) atoms. The maximum atomic E-state index is 13.2. The number of hydrogen-bond acceptors (Lipinski definition) is 9. The van der Waals surface area contributed by atoms with Crippen LogP contribution in [0.4, 0.5) is 18.9 Å². The molecule has 0 bridgehead atoms. The summed E-state index contributed by atoms with van der Waals surface area (Å²) in [6, 6.07) is 14.5. The lowest BCUT2D eigenvalue weighted by Gasteiger charge is -2.30. The maximum absolute atomic E-state index is 13.2. The average molecular weight is 788 g/mol. The Morgan fingerprint density at radius 3 is 2.33 bits per heavy atom. The van der Waals surface area contributed by atoms with Crippen molar-refractivity contribution in [3.63, 3.8) is 0 Å². The summed E-state index contributed by atoms with van der Waals surface area (Å²) >= 11 is 0. The second-order valence-electron chi connectivity index (χ2n) is 13.5. The standard InChI is InChI=1S/C40H40F3N7O7/c1-24-35-28(39(54)49(24)33-12-13-34(51)46-38(33)53)4-3-5-31(35)44-14-16-55-18-20-57-21-19-56-17-15-45-37(52)25-6-11-32-29(22-25)30-23-48(2)47-36(30)50(32)27-9-7-26(8-10-27)40(41,42)43/h3-11,22-23,33,44H,1,12-21H2,2H3,(H,45,52)(H,46,51,53). The number of nitrogens with one attached hydrogen (secondary N) is 3. The monoisotopic (exact) mass is 787 g/mol. The number of carbonyl (C=O) groups is 4. The summed E-state index contributed by atoms with van der Waals surface area (Å²) in [6.45, 7) is 6.77. The second-order valence-corrected chi connectivity index (χ2v) is 13.5. The van der Waals surface area contributed by atoms with E-state index in [2.05, 4.69) is 27.6 Å². The van der Waals surface area contributed by atoms with Crippen molar-refractivity contribution >= 4 is 56.9 Å². The van der Waals surface area contributed by atoms with Gasteiger partial charge in [-0.3, -0.25) is 38.6 Å². The Hall–Kier alpha value is -6.04. The van der Waals surface area contributed by atoms with E-state index in [1.807, 2.05) is 6.07 Å². The molecule has 2 aromatic heterocycles. The van der Waals surface area contributed by atoms with Crippen LogP contribution in [0.15, 0.2) is 73.4 Å². The van der Waals surface area contributed by atoms with Gasteiger partial charge in [0.2, 0.25) is 11.8 Å². The molecule has 2 aliphatic heterocycles. The molecule has 0 saturated carbocycles. The van der Waals surface area contributed by atoms with Crippen LogP contribution in [0.1, 0.15) is 44.7 Å². The van der Waals surface area contributed by atoms with Crippen LogP contribution in [0.25, 0.3) is 33.3 Å². The van der Waals surface area contributed by atoms with Crippen molar-refractivity contribution in [3.05, 3.63) is 95.7 Å². The van der Waals surface area contributed by atoms with Gasteiger partial charge in [-0.15, -0.1) is 0 Å². The zero-order valence-corrected chi connectivity index (χ0v) is 31.0. The first kappa shape index (κ1) is 39.2. The molecule has 5 aromatic rings. The lowest BCUT2D eigenvalue weighted by Crippen LogP contribution is -2.52. The number of fused-ring (bicyclic) bond motifs is 4. The summed E-state index contributed by atoms with van der Waals surface area (Å²) in [7, 11) is 1.75. The van der Waals surface area contributed by atoms with Gasteiger partial charge in [0, 0.05) is 71.7 Å². The van der Waals surface area contributed by atoms with Crippen molar-refractivity contribution in [2.75, 3.05) is 58.0 Å². The number of piperidine rings is 1. The number of hydrogen-bond donors (Lipinski definition) is 3. The van der Waals surface area contributed by atoms with E-state index >= 15 is 0 Å². The SMILES string of the molecule is C=C1c2c(NCCOCCOCCOCCNC(=O)c3ccc4c(c3)c3cn(C)nc3n4-c3ccc(C(F)(F)F)cc3)cccc2C(=O)N1C1CCC(=O)NC1=O. The van der Waals surface area contributed by atoms with Gasteiger partial charge < -0.3 is 24.8 Å². The smallest absolute Gasteiger partial charge is 0.382 e. The summed E-state index contributed by atoms with van der Waals surface area (Å²) < 4.78 is 59.7. The van der Waals surface area contributed by atoms with Crippen LogP contribution in [-0.4, -0.2) is 102 Å². The normalized spacial score (nSPS) is 15.8. The maximum Gasteiger partial charge on any atom is 0.416 e. The fourth-order valence-corrected chi connectivity index (χ4v) is 7.05. The Morgan fingerprint density at radius 2 is 1.63 bits per heavy atom. The summed E-state index contributed by atoms with van der Waals surface area (Å²) in [5.41, 5.74) is 3.61. The van der Waals surface area contributed by atoms with Gasteiger partial charge in [-0.2, -0.15) is 18.3 Å². The first-order valence-corrected chi connectivity index (χ1v) is 18.3. The Bertz CT molecular complexity index is 2350. The molecule has 2 aliphatic rings. The van der Waals surface area contributed by atoms with Crippen molar-refractivity contribution in [1.82, 2.24) is 29.9 Å². The van der Waals surface area contributed by atoms with Crippen molar-refractivity contribution in [2.24, 2.45) is 7.05 Å². The van der Waals surface area contributed by atoms with E-state index in [-0.39, 0.29) is 43.7 Å². The number of carbonyl (C=O) groups excluding carboxylic acids is 4. The van der Waals surface area contributed by atoms with Gasteiger partial charge in [-0.05, 0) is 61.0 Å². The summed E-state index contributed by atoms with van der Waals surface area (Å²) in [5.74, 6) is -1.49. The first-order valence-electron chi connectivity index (χ1n) is 18.3. The highest BCUT2D eigenvalue weighted by molar-refractivity contribution is 6.14. The summed E-state index contributed by atoms with van der Waals surface area (Å²) in [5, 5.41) is 14.4. The molecular formula is C40H40F3N7O7. The van der Waals surface area contributed by atoms with E-state index < -0.39 is 23.7 Å². The number of anilines is 1. The van der Waals surface area contributed by atoms with Crippen LogP contribution in [0.5, 0.6) is 0 Å². The lowest BCUT2D eigenvalue weighted by molar-refractivity contribution is -0.138. The van der Waals surface area contributed by atoms with E-state index in [4.69, 9.17) is 14.2 Å². The quantitative estimate of drug-likeness (QED) is 0.0956. The van der Waals surface area contributed by atoms with Crippen LogP contribution in [-0.2, 0) is 37.0 Å². The van der Waals surface area contributed by atoms with E-state index in [0.29, 0.717) is 84.5 Å². The molecule has 17 heteroatoms. The van der Waals surface area contributed by atoms with Crippen LogP contribution < -0.4 is 16.0 Å². The molecule has 7 rings (SSSR count). The fourth-order valence-electron chi connectivity index (χ4n) is 7.05. The third-order valence-electron chi connectivity index (χ3n) is 9.72. The number of benzene rings is 3. The number of rotatable bonds is 16. The molecule has 0 aliphatic carbocycles. The number of nitrogens with zero attached hydrogens (tertiary/aromatic N) is 4. The predicted octanol–water partition coefficient (Wildman–Crippen LogP) is 4.66. The van der Waals surface area contributed by atoms with Gasteiger partial charge in [0.05, 0.1) is 56.3 Å². The van der Waals surface area contributed by atoms with E-state index in [1.165, 1.54) is 17.0 Å². The molecule has 0 spiro atoms. The molecule has 4 amide bonds. The molecule has 3 N–H and O–H groups in total. The topological polar surface area (TPSA) is 158 Å². The van der Waals surface area contributed by atoms with E-state index in [0.717, 1.165) is 22.9 Å². The Morgan fingerprint density at radius 1 is 0.930 bits per heavy atom. The van der Waals surface area contributed by atoms with Gasteiger partial charge >= 0.3 is 6.18 Å². The van der Waals surface area contributed by atoms with Crippen molar-refractivity contribution < 1.29 is 46.6 Å².